The third-order valence-electron chi connectivity index (χ3n) is 14.6. The first-order valence-electron chi connectivity index (χ1n) is 23.1. The molecule has 14 nitrogen and oxygen atoms in total. The van der Waals surface area contributed by atoms with E-state index in [9.17, 15) is 20.1 Å². The van der Waals surface area contributed by atoms with Gasteiger partial charge in [-0.25, -0.2) is 0 Å². The summed E-state index contributed by atoms with van der Waals surface area (Å²) in [6.45, 7) is 17.1. The Bertz CT molecular complexity index is 1590. The molecule has 1 aliphatic carbocycles. The summed E-state index contributed by atoms with van der Waals surface area (Å²) in [4.78, 5) is 11.6. The SMILES string of the molecule is CC[C@H](C)C1O[C@]2(CC[C@@H]1C)CC(OC=O)C[C@@H](C/C=C(\C)[C@@H](O[C@H]1C[C@H](OC)[C@@H](O[C@H]3C[C@H](OC)[C@@H](O)[C@H](C)O3)[C@H](C)O1)[C@@H](C)/C=C/C=C1\CO[C@@H]3[C@H](O)C(C)=CCC13O)O2. The molecule has 0 aromatic carbocycles. The predicted molar refractivity (Wildman–Crippen MR) is 230 cm³/mol. The summed E-state index contributed by atoms with van der Waals surface area (Å²) < 4.78 is 62.7. The van der Waals surface area contributed by atoms with E-state index >= 15 is 0 Å². The van der Waals surface area contributed by atoms with Gasteiger partial charge in [0.2, 0.25) is 0 Å². The Kier molecular flexibility index (Phi) is 17.1. The van der Waals surface area contributed by atoms with Crippen LogP contribution in [0.1, 0.15) is 113 Å². The maximum atomic E-state index is 11.6. The Balaban J connectivity index is 1.20. The number of hydrogen-bond donors (Lipinski definition) is 3. The third-order valence-corrected chi connectivity index (χ3v) is 14.6. The lowest BCUT2D eigenvalue weighted by atomic mass is 9.78. The number of allylic oxidation sites excluding steroid dienone is 2. The summed E-state index contributed by atoms with van der Waals surface area (Å²) in [6.07, 6.45) is 8.63. The van der Waals surface area contributed by atoms with Gasteiger partial charge in [0, 0.05) is 58.7 Å². The number of carbonyl (C=O) groups excluding carboxylic acids is 1. The monoisotopic (exact) mass is 877 g/mol. The fourth-order valence-corrected chi connectivity index (χ4v) is 10.4. The molecule has 352 valence electrons. The van der Waals surface area contributed by atoms with Crippen LogP contribution in [0, 0.1) is 17.8 Å². The van der Waals surface area contributed by atoms with Crippen LogP contribution in [-0.2, 0) is 52.2 Å². The Hall–Kier alpha value is -2.05. The minimum atomic E-state index is -1.28. The Morgan fingerprint density at radius 2 is 1.74 bits per heavy atom. The lowest BCUT2D eigenvalue weighted by molar-refractivity contribution is -0.340. The molecule has 0 radical (unpaired) electrons. The Morgan fingerprint density at radius 3 is 2.45 bits per heavy atom. The molecule has 0 amide bonds. The highest BCUT2D eigenvalue weighted by Gasteiger charge is 2.52. The normalized spacial score (nSPS) is 43.9. The van der Waals surface area contributed by atoms with E-state index in [1.165, 1.54) is 0 Å². The van der Waals surface area contributed by atoms with Gasteiger partial charge in [0.1, 0.15) is 36.1 Å². The Labute approximate surface area is 369 Å². The quantitative estimate of drug-likeness (QED) is 0.122. The van der Waals surface area contributed by atoms with Crippen LogP contribution in [-0.4, -0.2) is 140 Å². The molecule has 5 saturated heterocycles. The van der Waals surface area contributed by atoms with Crippen molar-refractivity contribution in [3.8, 4) is 0 Å². The van der Waals surface area contributed by atoms with Gasteiger partial charge in [0.05, 0.1) is 49.3 Å². The highest BCUT2D eigenvalue weighted by atomic mass is 16.7. The molecule has 6 rings (SSSR count). The zero-order chi connectivity index (χ0) is 44.9. The molecule has 5 fully saturated rings. The maximum Gasteiger partial charge on any atom is 0.293 e. The predicted octanol–water partition coefficient (Wildman–Crippen LogP) is 5.99. The minimum Gasteiger partial charge on any atom is -0.464 e. The number of aliphatic hydroxyl groups excluding tert-OH is 2. The van der Waals surface area contributed by atoms with Crippen molar-refractivity contribution in [1.29, 1.82) is 0 Å². The van der Waals surface area contributed by atoms with Gasteiger partial charge in [-0.1, -0.05) is 64.5 Å². The summed E-state index contributed by atoms with van der Waals surface area (Å²) in [6, 6.07) is 0. The molecule has 62 heavy (non-hydrogen) atoms. The summed E-state index contributed by atoms with van der Waals surface area (Å²) in [5, 5.41) is 32.9. The standard InChI is InChI=1S/C48H76O14/c1-11-27(2)44-31(6)17-19-47(62-44)24-36(56-26-49)21-35(61-47)16-15-30(5)43(29(4)13-12-14-34-25-55-46-41(50)28(3)18-20-48(34,46)52)59-40-23-38(54-10)45(33(8)58-40)60-39-22-37(53-9)42(51)32(7)57-39/h12-15,18,26-27,29,31-33,35-46,50-52H,11,16-17,19-25H2,1-10H3/b13-12+,30-15+,34-14+/t27-,29-,31-,32-,33-,35+,36?,37-,38-,39-,40-,41+,42-,43-,44?,45-,46+,47+,48?/m0/s1. The van der Waals surface area contributed by atoms with Gasteiger partial charge in [0.25, 0.3) is 6.47 Å². The number of rotatable bonds is 16. The fraction of sp³-hybridized carbons (Fsp3) is 0.812. The van der Waals surface area contributed by atoms with Crippen molar-refractivity contribution >= 4 is 6.47 Å². The van der Waals surface area contributed by atoms with Gasteiger partial charge < -0.3 is 62.7 Å². The number of fused-ring (bicyclic) bond motifs is 1. The number of carbonyl (C=O) groups is 1. The van der Waals surface area contributed by atoms with Crippen molar-refractivity contribution in [2.75, 3.05) is 20.8 Å². The van der Waals surface area contributed by atoms with Crippen molar-refractivity contribution in [3.05, 3.63) is 47.1 Å². The van der Waals surface area contributed by atoms with Crippen LogP contribution >= 0.6 is 0 Å². The molecule has 0 bridgehead atoms. The van der Waals surface area contributed by atoms with E-state index in [2.05, 4.69) is 33.8 Å². The second kappa shape index (κ2) is 21.5. The minimum absolute atomic E-state index is 0.0564. The van der Waals surface area contributed by atoms with Crippen LogP contribution in [0.3, 0.4) is 0 Å². The number of aliphatic hydroxyl groups is 3. The Morgan fingerprint density at radius 1 is 1.02 bits per heavy atom. The van der Waals surface area contributed by atoms with Crippen LogP contribution in [0.15, 0.2) is 47.1 Å². The van der Waals surface area contributed by atoms with E-state index < -0.39 is 72.8 Å². The largest absolute Gasteiger partial charge is 0.464 e. The molecular formula is C48H76O14. The van der Waals surface area contributed by atoms with Crippen LogP contribution in [0.25, 0.3) is 0 Å². The first-order chi connectivity index (χ1) is 29.5. The van der Waals surface area contributed by atoms with Crippen LogP contribution in [0.2, 0.25) is 0 Å². The van der Waals surface area contributed by atoms with Crippen molar-refractivity contribution in [3.63, 3.8) is 0 Å². The molecule has 6 aliphatic rings. The van der Waals surface area contributed by atoms with E-state index in [0.717, 1.165) is 30.4 Å². The van der Waals surface area contributed by atoms with Gasteiger partial charge in [-0.15, -0.1) is 0 Å². The molecule has 14 heteroatoms. The van der Waals surface area contributed by atoms with E-state index in [0.29, 0.717) is 62.4 Å². The van der Waals surface area contributed by atoms with Crippen molar-refractivity contribution in [2.45, 2.75) is 210 Å². The second-order valence-corrected chi connectivity index (χ2v) is 19.0. The van der Waals surface area contributed by atoms with Gasteiger partial charge in [-0.2, -0.15) is 0 Å². The van der Waals surface area contributed by atoms with Gasteiger partial charge >= 0.3 is 0 Å². The van der Waals surface area contributed by atoms with E-state index in [1.807, 2.05) is 45.1 Å². The molecular weight excluding hydrogens is 801 g/mol. The average molecular weight is 877 g/mol. The summed E-state index contributed by atoms with van der Waals surface area (Å²) >= 11 is 0. The van der Waals surface area contributed by atoms with Crippen molar-refractivity contribution < 1.29 is 67.5 Å². The summed E-state index contributed by atoms with van der Waals surface area (Å²) in [5.74, 6) is -0.212. The summed E-state index contributed by atoms with van der Waals surface area (Å²) in [5.41, 5.74) is 1.21. The molecule has 3 N–H and O–H groups in total. The smallest absolute Gasteiger partial charge is 0.293 e. The molecule has 5 aliphatic heterocycles. The van der Waals surface area contributed by atoms with E-state index in [-0.39, 0.29) is 36.9 Å². The van der Waals surface area contributed by atoms with Crippen LogP contribution < -0.4 is 0 Å². The molecule has 1 spiro atoms. The topological polar surface area (TPSA) is 170 Å². The van der Waals surface area contributed by atoms with Crippen LogP contribution in [0.5, 0.6) is 0 Å². The molecule has 0 aromatic rings. The first kappa shape index (κ1) is 49.4. The molecule has 3 unspecified atom stereocenters. The number of methoxy groups -OCH3 is 2. The zero-order valence-corrected chi connectivity index (χ0v) is 38.7. The van der Waals surface area contributed by atoms with Crippen molar-refractivity contribution in [2.24, 2.45) is 17.8 Å². The molecule has 0 saturated carbocycles. The molecule has 19 atom stereocenters. The van der Waals surface area contributed by atoms with Gasteiger partial charge in [-0.3, -0.25) is 4.79 Å². The van der Waals surface area contributed by atoms with E-state index in [1.54, 1.807) is 21.1 Å². The highest BCUT2D eigenvalue weighted by Crippen LogP contribution is 2.45. The lowest BCUT2D eigenvalue weighted by Gasteiger charge is -2.50. The first-order valence-corrected chi connectivity index (χ1v) is 23.1. The molecule has 5 heterocycles. The second-order valence-electron chi connectivity index (χ2n) is 19.0. The van der Waals surface area contributed by atoms with Gasteiger partial charge in [-0.05, 0) is 69.1 Å². The zero-order valence-electron chi connectivity index (χ0n) is 38.7. The average Bonchev–Trinajstić information content (AvgIpc) is 3.59. The highest BCUT2D eigenvalue weighted by molar-refractivity contribution is 5.37. The third kappa shape index (κ3) is 11.1. The maximum absolute atomic E-state index is 11.6. The van der Waals surface area contributed by atoms with Crippen LogP contribution in [0.4, 0.5) is 0 Å². The lowest BCUT2D eigenvalue weighted by Crippen LogP contribution is -2.55. The van der Waals surface area contributed by atoms with E-state index in [4.69, 9.17) is 47.4 Å². The van der Waals surface area contributed by atoms with Gasteiger partial charge in [0.15, 0.2) is 18.4 Å². The fourth-order valence-electron chi connectivity index (χ4n) is 10.4. The summed E-state index contributed by atoms with van der Waals surface area (Å²) in [7, 11) is 3.22. The number of hydrogen-bond acceptors (Lipinski definition) is 14. The molecule has 0 aromatic heterocycles. The van der Waals surface area contributed by atoms with Crippen molar-refractivity contribution in [1.82, 2.24) is 0 Å². The number of ether oxygens (including phenoxy) is 10.